The van der Waals surface area contributed by atoms with Crippen LogP contribution in [0.5, 0.6) is 0 Å². The second kappa shape index (κ2) is 10.6. The number of carbonyl (C=O) groups is 1. The predicted molar refractivity (Wildman–Crippen MR) is 137 cm³/mol. The van der Waals surface area contributed by atoms with Gasteiger partial charge in [-0.05, 0) is 44.5 Å². The molecule has 11 heteroatoms. The Hall–Kier alpha value is -3.99. The molecule has 196 valence electrons. The molecule has 0 radical (unpaired) electrons. The Labute approximate surface area is 213 Å². The van der Waals surface area contributed by atoms with Gasteiger partial charge < -0.3 is 20.1 Å². The molecule has 0 amide bonds. The molecular weight excluding hydrogens is 481 g/mol. The first-order chi connectivity index (χ1) is 17.5. The van der Waals surface area contributed by atoms with Gasteiger partial charge in [0.15, 0.2) is 0 Å². The number of nitrogens with zero attached hydrogens (tertiary/aromatic N) is 4. The average Bonchev–Trinajstić information content (AvgIpc) is 2.86. The van der Waals surface area contributed by atoms with Gasteiger partial charge in [0.05, 0.1) is 30.9 Å². The van der Waals surface area contributed by atoms with Gasteiger partial charge in [0.1, 0.15) is 5.82 Å². The molecule has 4 rings (SSSR count). The Morgan fingerprint density at radius 1 is 1.11 bits per heavy atom. The average molecular weight is 512 g/mol. The van der Waals surface area contributed by atoms with Crippen molar-refractivity contribution in [2.24, 2.45) is 5.41 Å². The Kier molecular flexibility index (Phi) is 7.44. The fourth-order valence-corrected chi connectivity index (χ4v) is 4.02. The first kappa shape index (κ1) is 26.1. The number of anilines is 3. The maximum Gasteiger partial charge on any atom is 0.354 e. The van der Waals surface area contributed by atoms with E-state index in [0.29, 0.717) is 37.7 Å². The van der Waals surface area contributed by atoms with E-state index >= 15 is 0 Å². The summed E-state index contributed by atoms with van der Waals surface area (Å²) in [6.45, 7) is 6.69. The molecular formula is C26H30FN5O5. The van der Waals surface area contributed by atoms with E-state index in [0.717, 1.165) is 15.7 Å². The molecule has 37 heavy (non-hydrogen) atoms. The summed E-state index contributed by atoms with van der Waals surface area (Å²) < 4.78 is 22.4. The van der Waals surface area contributed by atoms with Crippen molar-refractivity contribution in [3.05, 3.63) is 80.4 Å². The normalized spacial score (nSPS) is 14.0. The predicted octanol–water partition coefficient (Wildman–Crippen LogP) is 2.59. The van der Waals surface area contributed by atoms with Crippen molar-refractivity contribution in [3.8, 4) is 0 Å². The molecule has 1 aliphatic rings. The smallest absolute Gasteiger partial charge is 0.354 e. The van der Waals surface area contributed by atoms with Crippen molar-refractivity contribution in [1.82, 2.24) is 14.1 Å². The molecule has 1 fully saturated rings. The standard InChI is InChI=1S/C26H30FN5O5/c1-17-4-6-18(7-5-17)15-31-23(29-24(35)32(25(31)36)16-26(2,3)22(33)34)28-19-8-9-21(20(27)14-19)30-10-12-37-13-11-30/h4-9,14H,10-13,15-16H2,1-3H3,(H,33,34)(H,28,29,35). The van der Waals surface area contributed by atoms with Crippen LogP contribution in [0.1, 0.15) is 25.0 Å². The van der Waals surface area contributed by atoms with Crippen molar-refractivity contribution >= 4 is 23.3 Å². The highest BCUT2D eigenvalue weighted by atomic mass is 19.1. The topological polar surface area (TPSA) is 119 Å². The van der Waals surface area contributed by atoms with Crippen LogP contribution in [0.25, 0.3) is 0 Å². The van der Waals surface area contributed by atoms with Crippen molar-refractivity contribution in [2.75, 3.05) is 36.5 Å². The number of aliphatic carboxylic acids is 1. The Morgan fingerprint density at radius 2 is 1.78 bits per heavy atom. The highest BCUT2D eigenvalue weighted by Gasteiger charge is 2.30. The number of carboxylic acid groups (broad SMARTS) is 1. The molecule has 1 aromatic heterocycles. The van der Waals surface area contributed by atoms with E-state index in [1.165, 1.54) is 24.5 Å². The molecule has 0 atom stereocenters. The lowest BCUT2D eigenvalue weighted by Crippen LogP contribution is -2.46. The molecule has 0 spiro atoms. The minimum absolute atomic E-state index is 0.0660. The van der Waals surface area contributed by atoms with Gasteiger partial charge in [0.25, 0.3) is 0 Å². The highest BCUT2D eigenvalue weighted by molar-refractivity contribution is 5.73. The summed E-state index contributed by atoms with van der Waals surface area (Å²) in [6, 6.07) is 12.0. The van der Waals surface area contributed by atoms with Crippen LogP contribution in [0.15, 0.2) is 52.1 Å². The molecule has 2 aromatic carbocycles. The maximum atomic E-state index is 15.0. The Bertz CT molecular complexity index is 1410. The van der Waals surface area contributed by atoms with Crippen LogP contribution in [0, 0.1) is 18.2 Å². The lowest BCUT2D eigenvalue weighted by molar-refractivity contribution is -0.147. The van der Waals surface area contributed by atoms with E-state index in [1.54, 1.807) is 12.1 Å². The van der Waals surface area contributed by atoms with Gasteiger partial charge in [-0.1, -0.05) is 29.8 Å². The van der Waals surface area contributed by atoms with Gasteiger partial charge >= 0.3 is 17.3 Å². The number of morpholine rings is 1. The quantitative estimate of drug-likeness (QED) is 0.474. The van der Waals surface area contributed by atoms with Gasteiger partial charge in [-0.3, -0.25) is 9.36 Å². The number of aryl methyl sites for hydroxylation is 1. The molecule has 0 aliphatic carbocycles. The number of nitrogens with one attached hydrogen (secondary N) is 1. The van der Waals surface area contributed by atoms with Crippen LogP contribution in [-0.4, -0.2) is 51.5 Å². The van der Waals surface area contributed by atoms with Crippen LogP contribution in [0.4, 0.5) is 21.7 Å². The number of hydrogen-bond donors (Lipinski definition) is 2. The zero-order valence-electron chi connectivity index (χ0n) is 21.0. The van der Waals surface area contributed by atoms with Crippen LogP contribution in [0.3, 0.4) is 0 Å². The van der Waals surface area contributed by atoms with Crippen molar-refractivity contribution in [1.29, 1.82) is 0 Å². The molecule has 3 aromatic rings. The summed E-state index contributed by atoms with van der Waals surface area (Å²) in [5.74, 6) is -1.68. The first-order valence-electron chi connectivity index (χ1n) is 11.9. The van der Waals surface area contributed by atoms with Crippen molar-refractivity contribution in [2.45, 2.75) is 33.9 Å². The third-order valence-electron chi connectivity index (χ3n) is 6.30. The number of hydrogen-bond acceptors (Lipinski definition) is 7. The second-order valence-electron chi connectivity index (χ2n) is 9.74. The summed E-state index contributed by atoms with van der Waals surface area (Å²) in [5, 5.41) is 12.4. The molecule has 2 N–H and O–H groups in total. The highest BCUT2D eigenvalue weighted by Crippen LogP contribution is 2.25. The number of halogens is 1. The summed E-state index contributed by atoms with van der Waals surface area (Å²) in [6.07, 6.45) is 0. The molecule has 0 bridgehead atoms. The van der Waals surface area contributed by atoms with Crippen molar-refractivity contribution < 1.29 is 19.0 Å². The van der Waals surface area contributed by atoms with Gasteiger partial charge in [0, 0.05) is 25.3 Å². The summed E-state index contributed by atoms with van der Waals surface area (Å²) in [7, 11) is 0. The maximum absolute atomic E-state index is 15.0. The van der Waals surface area contributed by atoms with Crippen LogP contribution >= 0.6 is 0 Å². The van der Waals surface area contributed by atoms with E-state index in [-0.39, 0.29) is 19.0 Å². The third-order valence-corrected chi connectivity index (χ3v) is 6.30. The van der Waals surface area contributed by atoms with Gasteiger partial charge in [-0.25, -0.2) is 18.5 Å². The summed E-state index contributed by atoms with van der Waals surface area (Å²) >= 11 is 0. The largest absolute Gasteiger partial charge is 0.481 e. The van der Waals surface area contributed by atoms with Crippen molar-refractivity contribution in [3.63, 3.8) is 0 Å². The zero-order chi connectivity index (χ0) is 26.7. The molecule has 1 aliphatic heterocycles. The SMILES string of the molecule is Cc1ccc(Cn2c(Nc3ccc(N4CCOCC4)c(F)c3)nc(=O)n(CC(C)(C)C(=O)O)c2=O)cc1. The van der Waals surface area contributed by atoms with Crippen LogP contribution in [0.2, 0.25) is 0 Å². The Balaban J connectivity index is 1.73. The number of aromatic nitrogens is 3. The van der Waals surface area contributed by atoms with Gasteiger partial charge in [0.2, 0.25) is 5.95 Å². The minimum Gasteiger partial charge on any atom is -0.481 e. The van der Waals surface area contributed by atoms with E-state index in [2.05, 4.69) is 10.3 Å². The van der Waals surface area contributed by atoms with E-state index in [4.69, 9.17) is 4.74 Å². The molecule has 2 heterocycles. The lowest BCUT2D eigenvalue weighted by Gasteiger charge is -2.29. The second-order valence-corrected chi connectivity index (χ2v) is 9.74. The van der Waals surface area contributed by atoms with E-state index < -0.39 is 28.6 Å². The molecule has 1 saturated heterocycles. The molecule has 0 saturated carbocycles. The number of carboxylic acids is 1. The molecule has 0 unspecified atom stereocenters. The summed E-state index contributed by atoms with van der Waals surface area (Å²) in [4.78, 5) is 43.9. The van der Waals surface area contributed by atoms with E-state index in [9.17, 15) is 23.9 Å². The fourth-order valence-electron chi connectivity index (χ4n) is 4.02. The first-order valence-corrected chi connectivity index (χ1v) is 11.9. The number of benzene rings is 2. The van der Waals surface area contributed by atoms with Gasteiger partial charge in [-0.15, -0.1) is 0 Å². The zero-order valence-corrected chi connectivity index (χ0v) is 21.0. The van der Waals surface area contributed by atoms with Crippen LogP contribution in [-0.2, 0) is 22.6 Å². The van der Waals surface area contributed by atoms with E-state index in [1.807, 2.05) is 36.1 Å². The molecule has 10 nitrogen and oxygen atoms in total. The van der Waals surface area contributed by atoms with Gasteiger partial charge in [-0.2, -0.15) is 4.98 Å². The monoisotopic (exact) mass is 511 g/mol. The number of rotatable bonds is 8. The number of ether oxygens (including phenoxy) is 1. The summed E-state index contributed by atoms with van der Waals surface area (Å²) in [5.41, 5.74) is -0.437. The fraction of sp³-hybridized carbons (Fsp3) is 0.385. The minimum atomic E-state index is -1.38. The lowest BCUT2D eigenvalue weighted by atomic mass is 9.94. The Morgan fingerprint density at radius 3 is 2.41 bits per heavy atom. The van der Waals surface area contributed by atoms with Crippen LogP contribution < -0.4 is 21.6 Å². The third kappa shape index (κ3) is 5.88.